The van der Waals surface area contributed by atoms with Gasteiger partial charge in [-0.05, 0) is 38.1 Å². The molecule has 1 atom stereocenters. The van der Waals surface area contributed by atoms with E-state index in [4.69, 9.17) is 14.2 Å². The number of rotatable bonds is 9. The third kappa shape index (κ3) is 6.53. The van der Waals surface area contributed by atoms with Gasteiger partial charge in [0.15, 0.2) is 6.10 Å². The van der Waals surface area contributed by atoms with Gasteiger partial charge in [-0.1, -0.05) is 18.2 Å². The molecule has 0 heterocycles. The first-order valence-corrected chi connectivity index (χ1v) is 9.09. The average molecular weight is 400 g/mol. The zero-order valence-electron chi connectivity index (χ0n) is 16.6. The van der Waals surface area contributed by atoms with Crippen LogP contribution in [0.15, 0.2) is 48.5 Å². The number of hydrogen-bond acceptors (Lipinski definition) is 6. The number of carbonyl (C=O) groups excluding carboxylic acids is 3. The summed E-state index contributed by atoms with van der Waals surface area (Å²) in [6.45, 7) is 3.28. The molecule has 8 heteroatoms. The molecule has 0 aromatic heterocycles. The Balaban J connectivity index is 1.85. The van der Waals surface area contributed by atoms with Crippen molar-refractivity contribution >= 4 is 23.5 Å². The van der Waals surface area contributed by atoms with E-state index in [0.717, 1.165) is 0 Å². The molecule has 8 nitrogen and oxygen atoms in total. The molecule has 154 valence electrons. The molecular weight excluding hydrogens is 376 g/mol. The molecule has 2 rings (SSSR count). The standard InChI is InChI=1S/C21H24N2O6/c1-4-28-18-11-6-5-10-17(18)21(26)22-13-19(24)29-14(2)20(25)23-15-8-7-9-16(12-15)27-3/h5-12,14H,4,13H2,1-3H3,(H,22,26)(H,23,25)/t14-/m0/s1. The van der Waals surface area contributed by atoms with E-state index in [1.807, 2.05) is 6.92 Å². The second-order valence-corrected chi connectivity index (χ2v) is 5.97. The first-order valence-electron chi connectivity index (χ1n) is 9.09. The number of esters is 1. The lowest BCUT2D eigenvalue weighted by Crippen LogP contribution is -2.36. The van der Waals surface area contributed by atoms with Gasteiger partial charge in [-0.3, -0.25) is 14.4 Å². The number of ether oxygens (including phenoxy) is 3. The van der Waals surface area contributed by atoms with E-state index in [1.54, 1.807) is 48.5 Å². The van der Waals surface area contributed by atoms with Crippen molar-refractivity contribution in [2.45, 2.75) is 20.0 Å². The second-order valence-electron chi connectivity index (χ2n) is 5.97. The van der Waals surface area contributed by atoms with Crippen molar-refractivity contribution in [1.29, 1.82) is 0 Å². The highest BCUT2D eigenvalue weighted by Crippen LogP contribution is 2.18. The lowest BCUT2D eigenvalue weighted by molar-refractivity contribution is -0.152. The molecule has 0 aliphatic heterocycles. The van der Waals surface area contributed by atoms with Crippen molar-refractivity contribution in [2.75, 3.05) is 25.6 Å². The molecule has 0 bridgehead atoms. The second kappa shape index (κ2) is 10.7. The van der Waals surface area contributed by atoms with Crippen LogP contribution in [0.2, 0.25) is 0 Å². The number of nitrogens with one attached hydrogen (secondary N) is 2. The maximum Gasteiger partial charge on any atom is 0.326 e. The summed E-state index contributed by atoms with van der Waals surface area (Å²) in [6, 6.07) is 13.5. The largest absolute Gasteiger partial charge is 0.497 e. The molecule has 2 amide bonds. The van der Waals surface area contributed by atoms with Crippen LogP contribution in [-0.2, 0) is 14.3 Å². The number of carbonyl (C=O) groups is 3. The fraction of sp³-hybridized carbons (Fsp3) is 0.286. The van der Waals surface area contributed by atoms with Crippen LogP contribution in [0.25, 0.3) is 0 Å². The van der Waals surface area contributed by atoms with Crippen LogP contribution in [0.3, 0.4) is 0 Å². The summed E-state index contributed by atoms with van der Waals surface area (Å²) in [5.74, 6) is -0.700. The maximum absolute atomic E-state index is 12.3. The smallest absolute Gasteiger partial charge is 0.326 e. The van der Waals surface area contributed by atoms with Crippen LogP contribution < -0.4 is 20.1 Å². The maximum atomic E-state index is 12.3. The highest BCUT2D eigenvalue weighted by Gasteiger charge is 2.19. The summed E-state index contributed by atoms with van der Waals surface area (Å²) in [5, 5.41) is 5.10. The van der Waals surface area contributed by atoms with Gasteiger partial charge in [0.05, 0.1) is 19.3 Å². The zero-order chi connectivity index (χ0) is 21.2. The van der Waals surface area contributed by atoms with Crippen molar-refractivity contribution in [3.63, 3.8) is 0 Å². The third-order valence-electron chi connectivity index (χ3n) is 3.84. The minimum Gasteiger partial charge on any atom is -0.497 e. The molecular formula is C21H24N2O6. The van der Waals surface area contributed by atoms with Crippen LogP contribution in [0, 0.1) is 0 Å². The Bertz CT molecular complexity index is 868. The van der Waals surface area contributed by atoms with E-state index in [2.05, 4.69) is 10.6 Å². The number of benzene rings is 2. The van der Waals surface area contributed by atoms with E-state index < -0.39 is 23.9 Å². The van der Waals surface area contributed by atoms with Crippen LogP contribution in [0.1, 0.15) is 24.2 Å². The summed E-state index contributed by atoms with van der Waals surface area (Å²) in [7, 11) is 1.52. The van der Waals surface area contributed by atoms with Crippen molar-refractivity contribution in [3.05, 3.63) is 54.1 Å². The summed E-state index contributed by atoms with van der Waals surface area (Å²) in [4.78, 5) is 36.5. The molecule has 29 heavy (non-hydrogen) atoms. The van der Waals surface area contributed by atoms with E-state index >= 15 is 0 Å². The van der Waals surface area contributed by atoms with Gasteiger partial charge in [-0.2, -0.15) is 0 Å². The Morgan fingerprint density at radius 1 is 1.07 bits per heavy atom. The zero-order valence-corrected chi connectivity index (χ0v) is 16.6. The van der Waals surface area contributed by atoms with Crippen molar-refractivity contribution < 1.29 is 28.6 Å². The predicted octanol–water partition coefficient (Wildman–Crippen LogP) is 2.39. The first-order chi connectivity index (χ1) is 13.9. The number of hydrogen-bond donors (Lipinski definition) is 2. The Morgan fingerprint density at radius 3 is 2.55 bits per heavy atom. The molecule has 2 aromatic carbocycles. The minimum absolute atomic E-state index is 0.311. The van der Waals surface area contributed by atoms with E-state index in [0.29, 0.717) is 29.4 Å². The van der Waals surface area contributed by atoms with Gasteiger partial charge in [-0.15, -0.1) is 0 Å². The van der Waals surface area contributed by atoms with E-state index in [1.165, 1.54) is 14.0 Å². The van der Waals surface area contributed by atoms with Gasteiger partial charge in [0.25, 0.3) is 11.8 Å². The quantitative estimate of drug-likeness (QED) is 0.627. The Morgan fingerprint density at radius 2 is 1.83 bits per heavy atom. The average Bonchev–Trinajstić information content (AvgIpc) is 2.72. The van der Waals surface area contributed by atoms with Gasteiger partial charge < -0.3 is 24.8 Å². The monoisotopic (exact) mass is 400 g/mol. The van der Waals surface area contributed by atoms with Crippen molar-refractivity contribution in [3.8, 4) is 11.5 Å². The van der Waals surface area contributed by atoms with Crippen LogP contribution in [0.5, 0.6) is 11.5 Å². The van der Waals surface area contributed by atoms with Crippen molar-refractivity contribution in [1.82, 2.24) is 5.32 Å². The molecule has 0 radical (unpaired) electrons. The highest BCUT2D eigenvalue weighted by molar-refractivity contribution is 5.99. The molecule has 0 aliphatic carbocycles. The van der Waals surface area contributed by atoms with Crippen molar-refractivity contribution in [2.24, 2.45) is 0 Å². The summed E-state index contributed by atoms with van der Waals surface area (Å²) in [6.07, 6.45) is -1.04. The summed E-state index contributed by atoms with van der Waals surface area (Å²) in [5.41, 5.74) is 0.823. The molecule has 0 spiro atoms. The Labute approximate surface area is 169 Å². The third-order valence-corrected chi connectivity index (χ3v) is 3.84. The number of amides is 2. The number of anilines is 1. The lowest BCUT2D eigenvalue weighted by Gasteiger charge is -2.14. The molecule has 2 N–H and O–H groups in total. The Hall–Kier alpha value is -3.55. The van der Waals surface area contributed by atoms with Gasteiger partial charge >= 0.3 is 5.97 Å². The first kappa shape index (κ1) is 21.7. The lowest BCUT2D eigenvalue weighted by atomic mass is 10.2. The predicted molar refractivity (Wildman–Crippen MR) is 107 cm³/mol. The molecule has 0 saturated heterocycles. The van der Waals surface area contributed by atoms with E-state index in [9.17, 15) is 14.4 Å². The number of para-hydroxylation sites is 1. The highest BCUT2D eigenvalue weighted by atomic mass is 16.5. The molecule has 0 unspecified atom stereocenters. The van der Waals surface area contributed by atoms with Crippen LogP contribution >= 0.6 is 0 Å². The van der Waals surface area contributed by atoms with Gasteiger partial charge in [0.2, 0.25) is 0 Å². The summed E-state index contributed by atoms with van der Waals surface area (Å²) >= 11 is 0. The van der Waals surface area contributed by atoms with Crippen LogP contribution in [0.4, 0.5) is 5.69 Å². The summed E-state index contributed by atoms with van der Waals surface area (Å²) < 4.78 is 15.6. The normalized spacial score (nSPS) is 11.1. The molecule has 0 aliphatic rings. The topological polar surface area (TPSA) is 103 Å². The fourth-order valence-corrected chi connectivity index (χ4v) is 2.42. The SMILES string of the molecule is CCOc1ccccc1C(=O)NCC(=O)O[C@@H](C)C(=O)Nc1cccc(OC)c1. The van der Waals surface area contributed by atoms with Gasteiger partial charge in [-0.25, -0.2) is 0 Å². The molecule has 0 saturated carbocycles. The van der Waals surface area contributed by atoms with Gasteiger partial charge in [0, 0.05) is 11.8 Å². The van der Waals surface area contributed by atoms with E-state index in [-0.39, 0.29) is 6.54 Å². The number of methoxy groups -OCH3 is 1. The minimum atomic E-state index is -1.04. The molecule has 2 aromatic rings. The fourth-order valence-electron chi connectivity index (χ4n) is 2.42. The Kier molecular flexibility index (Phi) is 8.02. The van der Waals surface area contributed by atoms with Gasteiger partial charge in [0.1, 0.15) is 18.0 Å². The van der Waals surface area contributed by atoms with Crippen LogP contribution in [-0.4, -0.2) is 44.1 Å². The molecule has 0 fully saturated rings.